The first-order chi connectivity index (χ1) is 16.8. The van der Waals surface area contributed by atoms with Crippen LogP contribution in [0.5, 0.6) is 0 Å². The van der Waals surface area contributed by atoms with Gasteiger partial charge >= 0.3 is 5.97 Å². The molecular weight excluding hydrogens is 470 g/mol. The molecule has 1 fully saturated rings. The molecule has 0 aliphatic carbocycles. The SMILES string of the molecule is COC(=O)c1ccc2c(=O)n(CC3CCCO3)c(SC(C)C(=O)Nc3ccnn3C(C)C)nc2c1. The summed E-state index contributed by atoms with van der Waals surface area (Å²) in [5, 5.41) is 7.37. The van der Waals surface area contributed by atoms with E-state index in [0.717, 1.165) is 12.8 Å². The summed E-state index contributed by atoms with van der Waals surface area (Å²) in [5.74, 6) is -0.150. The number of nitrogens with zero attached hydrogens (tertiary/aromatic N) is 4. The third kappa shape index (κ3) is 5.40. The molecule has 1 N–H and O–H groups in total. The van der Waals surface area contributed by atoms with E-state index >= 15 is 0 Å². The number of fused-ring (bicyclic) bond motifs is 1. The standard InChI is InChI=1S/C24H29N5O5S/c1-14(2)29-20(9-10-25-29)27-21(30)15(3)35-24-26-19-12-16(23(32)33-4)7-8-18(19)22(31)28(24)13-17-6-5-11-34-17/h7-10,12,14-15,17H,5-6,11,13H2,1-4H3,(H,27,30). The Kier molecular flexibility index (Phi) is 7.56. The number of hydrogen-bond acceptors (Lipinski definition) is 8. The van der Waals surface area contributed by atoms with Crippen molar-refractivity contribution in [1.29, 1.82) is 0 Å². The van der Waals surface area contributed by atoms with Crippen LogP contribution in [0.2, 0.25) is 0 Å². The number of carbonyl (C=O) groups is 2. The van der Waals surface area contributed by atoms with Gasteiger partial charge in [0.2, 0.25) is 5.91 Å². The van der Waals surface area contributed by atoms with E-state index in [1.807, 2.05) is 13.8 Å². The van der Waals surface area contributed by atoms with E-state index < -0.39 is 11.2 Å². The van der Waals surface area contributed by atoms with Gasteiger partial charge in [-0.25, -0.2) is 14.5 Å². The third-order valence-electron chi connectivity index (χ3n) is 5.81. The highest BCUT2D eigenvalue weighted by Crippen LogP contribution is 2.26. The van der Waals surface area contributed by atoms with Gasteiger partial charge in [-0.2, -0.15) is 5.10 Å². The Morgan fingerprint density at radius 3 is 2.77 bits per heavy atom. The second kappa shape index (κ2) is 10.6. The molecule has 2 aromatic heterocycles. The Morgan fingerprint density at radius 1 is 1.29 bits per heavy atom. The first-order valence-corrected chi connectivity index (χ1v) is 12.4. The quantitative estimate of drug-likeness (QED) is 0.285. The topological polar surface area (TPSA) is 117 Å². The number of benzene rings is 1. The molecule has 1 aliphatic rings. The molecule has 1 aromatic carbocycles. The van der Waals surface area contributed by atoms with Crippen LogP contribution in [0.1, 0.15) is 50.0 Å². The number of methoxy groups -OCH3 is 1. The molecule has 3 heterocycles. The Bertz CT molecular complexity index is 1300. The van der Waals surface area contributed by atoms with Crippen molar-refractivity contribution in [2.75, 3.05) is 19.0 Å². The van der Waals surface area contributed by atoms with Crippen LogP contribution >= 0.6 is 11.8 Å². The van der Waals surface area contributed by atoms with Gasteiger partial charge in [-0.3, -0.25) is 14.2 Å². The van der Waals surface area contributed by atoms with E-state index in [1.165, 1.54) is 24.9 Å². The average molecular weight is 500 g/mol. The lowest BCUT2D eigenvalue weighted by atomic mass is 10.1. The fourth-order valence-corrected chi connectivity index (χ4v) is 4.87. The van der Waals surface area contributed by atoms with Crippen LogP contribution in [-0.4, -0.2) is 56.3 Å². The van der Waals surface area contributed by atoms with Gasteiger partial charge in [0.05, 0.1) is 47.7 Å². The van der Waals surface area contributed by atoms with Gasteiger partial charge in [-0.05, 0) is 51.8 Å². The predicted molar refractivity (Wildman–Crippen MR) is 133 cm³/mol. The van der Waals surface area contributed by atoms with Crippen LogP contribution in [0.15, 0.2) is 40.4 Å². The number of amides is 1. The summed E-state index contributed by atoms with van der Waals surface area (Å²) >= 11 is 1.19. The molecule has 186 valence electrons. The number of rotatable bonds is 8. The van der Waals surface area contributed by atoms with Gasteiger partial charge in [-0.1, -0.05) is 11.8 Å². The molecule has 1 saturated heterocycles. The molecule has 0 saturated carbocycles. The van der Waals surface area contributed by atoms with Crippen LogP contribution in [-0.2, 0) is 20.8 Å². The van der Waals surface area contributed by atoms with Crippen molar-refractivity contribution in [2.45, 2.75) is 62.7 Å². The van der Waals surface area contributed by atoms with Crippen LogP contribution in [0, 0.1) is 0 Å². The Morgan fingerprint density at radius 2 is 2.09 bits per heavy atom. The van der Waals surface area contributed by atoms with Crippen LogP contribution in [0.4, 0.5) is 5.82 Å². The Balaban J connectivity index is 1.67. The van der Waals surface area contributed by atoms with Crippen molar-refractivity contribution in [3.05, 3.63) is 46.4 Å². The number of ether oxygens (including phenoxy) is 2. The molecule has 0 spiro atoms. The molecule has 10 nitrogen and oxygen atoms in total. The Hall–Kier alpha value is -3.18. The lowest BCUT2D eigenvalue weighted by Gasteiger charge is -2.19. The molecule has 1 amide bonds. The average Bonchev–Trinajstić information content (AvgIpc) is 3.52. The number of esters is 1. The van der Waals surface area contributed by atoms with Crippen molar-refractivity contribution in [1.82, 2.24) is 19.3 Å². The molecule has 1 aliphatic heterocycles. The molecule has 3 aromatic rings. The van der Waals surface area contributed by atoms with Gasteiger partial charge in [0.1, 0.15) is 5.82 Å². The molecule has 11 heteroatoms. The van der Waals surface area contributed by atoms with Crippen LogP contribution in [0.3, 0.4) is 0 Å². The molecule has 2 unspecified atom stereocenters. The smallest absolute Gasteiger partial charge is 0.337 e. The minimum atomic E-state index is -0.561. The number of hydrogen-bond donors (Lipinski definition) is 1. The van der Waals surface area contributed by atoms with E-state index in [9.17, 15) is 14.4 Å². The maximum atomic E-state index is 13.4. The maximum Gasteiger partial charge on any atom is 0.337 e. The van der Waals surface area contributed by atoms with E-state index in [-0.39, 0.29) is 23.6 Å². The number of nitrogens with one attached hydrogen (secondary N) is 1. The van der Waals surface area contributed by atoms with Crippen molar-refractivity contribution in [2.24, 2.45) is 0 Å². The minimum absolute atomic E-state index is 0.0889. The summed E-state index contributed by atoms with van der Waals surface area (Å²) in [5.41, 5.74) is 0.428. The van der Waals surface area contributed by atoms with Crippen molar-refractivity contribution >= 4 is 40.4 Å². The van der Waals surface area contributed by atoms with Gasteiger partial charge in [0.25, 0.3) is 5.56 Å². The second-order valence-electron chi connectivity index (χ2n) is 8.67. The largest absolute Gasteiger partial charge is 0.465 e. The second-order valence-corrected chi connectivity index (χ2v) is 9.98. The Labute approximate surface area is 207 Å². The zero-order valence-electron chi connectivity index (χ0n) is 20.2. The lowest BCUT2D eigenvalue weighted by molar-refractivity contribution is -0.115. The monoisotopic (exact) mass is 499 g/mol. The predicted octanol–water partition coefficient (Wildman–Crippen LogP) is 3.26. The summed E-state index contributed by atoms with van der Waals surface area (Å²) in [6.07, 6.45) is 3.33. The molecule has 0 bridgehead atoms. The van der Waals surface area contributed by atoms with Gasteiger partial charge in [-0.15, -0.1) is 0 Å². The summed E-state index contributed by atoms with van der Waals surface area (Å²) < 4.78 is 13.9. The molecule has 0 radical (unpaired) electrons. The summed E-state index contributed by atoms with van der Waals surface area (Å²) in [7, 11) is 1.30. The number of thioether (sulfide) groups is 1. The summed E-state index contributed by atoms with van der Waals surface area (Å²) in [4.78, 5) is 43.1. The van der Waals surface area contributed by atoms with E-state index in [2.05, 4.69) is 15.4 Å². The van der Waals surface area contributed by atoms with Gasteiger partial charge in [0.15, 0.2) is 5.16 Å². The van der Waals surface area contributed by atoms with Gasteiger partial charge < -0.3 is 14.8 Å². The van der Waals surface area contributed by atoms with Crippen molar-refractivity contribution in [3.63, 3.8) is 0 Å². The fraction of sp³-hybridized carbons (Fsp3) is 0.458. The van der Waals surface area contributed by atoms with E-state index in [1.54, 1.807) is 40.6 Å². The summed E-state index contributed by atoms with van der Waals surface area (Å²) in [6, 6.07) is 6.50. The number of anilines is 1. The van der Waals surface area contributed by atoms with Crippen LogP contribution in [0.25, 0.3) is 10.9 Å². The van der Waals surface area contributed by atoms with Crippen molar-refractivity contribution < 1.29 is 19.1 Å². The van der Waals surface area contributed by atoms with Crippen molar-refractivity contribution in [3.8, 4) is 0 Å². The highest BCUT2D eigenvalue weighted by Gasteiger charge is 2.24. The maximum absolute atomic E-state index is 13.4. The molecule has 35 heavy (non-hydrogen) atoms. The summed E-state index contributed by atoms with van der Waals surface area (Å²) in [6.45, 7) is 6.72. The van der Waals surface area contributed by atoms with E-state index in [0.29, 0.717) is 40.6 Å². The highest BCUT2D eigenvalue weighted by molar-refractivity contribution is 8.00. The van der Waals surface area contributed by atoms with Gasteiger partial charge in [0, 0.05) is 18.7 Å². The number of aromatic nitrogens is 4. The zero-order valence-corrected chi connectivity index (χ0v) is 21.0. The highest BCUT2D eigenvalue weighted by atomic mass is 32.2. The molecular formula is C24H29N5O5S. The number of carbonyl (C=O) groups excluding carboxylic acids is 2. The first-order valence-electron chi connectivity index (χ1n) is 11.5. The fourth-order valence-electron chi connectivity index (χ4n) is 3.95. The minimum Gasteiger partial charge on any atom is -0.465 e. The molecule has 4 rings (SSSR count). The zero-order chi connectivity index (χ0) is 25.1. The first kappa shape index (κ1) is 24.9. The molecule has 2 atom stereocenters. The normalized spacial score (nSPS) is 16.5. The van der Waals surface area contributed by atoms with Crippen LogP contribution < -0.4 is 10.9 Å². The third-order valence-corrected chi connectivity index (χ3v) is 6.90. The van der Waals surface area contributed by atoms with E-state index in [4.69, 9.17) is 9.47 Å². The lowest BCUT2D eigenvalue weighted by Crippen LogP contribution is -2.30.